The highest BCUT2D eigenvalue weighted by molar-refractivity contribution is 5.79. The van der Waals surface area contributed by atoms with Crippen LogP contribution >= 0.6 is 0 Å². The Kier molecular flexibility index (Phi) is 8.35. The van der Waals surface area contributed by atoms with Crippen LogP contribution in [-0.2, 0) is 11.3 Å². The van der Waals surface area contributed by atoms with Crippen LogP contribution in [0.15, 0.2) is 47.6 Å². The number of nitrogens with one attached hydrogen (secondary N) is 2. The maximum absolute atomic E-state index is 13.2. The molecule has 0 saturated carbocycles. The molecule has 0 unspecified atom stereocenters. The molecule has 0 bridgehead atoms. The van der Waals surface area contributed by atoms with E-state index >= 15 is 0 Å². The molecule has 1 aromatic heterocycles. The lowest BCUT2D eigenvalue weighted by Crippen LogP contribution is -2.39. The van der Waals surface area contributed by atoms with Gasteiger partial charge in [0, 0.05) is 38.0 Å². The molecule has 2 N–H and O–H groups in total. The second kappa shape index (κ2) is 11.0. The fourth-order valence-electron chi connectivity index (χ4n) is 2.11. The third-order valence-electron chi connectivity index (χ3n) is 3.32. The first-order chi connectivity index (χ1) is 12.7. The van der Waals surface area contributed by atoms with Gasteiger partial charge in [0.15, 0.2) is 5.96 Å². The third kappa shape index (κ3) is 7.06. The number of rotatable bonds is 9. The average molecular weight is 360 g/mol. The van der Waals surface area contributed by atoms with Gasteiger partial charge >= 0.3 is 0 Å². The van der Waals surface area contributed by atoms with Gasteiger partial charge < -0.3 is 20.1 Å². The molecule has 0 atom stereocenters. The maximum Gasteiger partial charge on any atom is 0.219 e. The Morgan fingerprint density at radius 1 is 1.19 bits per heavy atom. The van der Waals surface area contributed by atoms with Crippen LogP contribution in [-0.4, -0.2) is 37.2 Å². The lowest BCUT2D eigenvalue weighted by Gasteiger charge is -2.11. The van der Waals surface area contributed by atoms with Crippen molar-refractivity contribution in [3.8, 4) is 11.6 Å². The summed E-state index contributed by atoms with van der Waals surface area (Å²) in [5, 5.41) is 6.39. The number of aromatic nitrogens is 1. The van der Waals surface area contributed by atoms with Crippen LogP contribution in [0.2, 0.25) is 0 Å². The molecule has 1 aromatic carbocycles. The van der Waals surface area contributed by atoms with Crippen LogP contribution in [0.5, 0.6) is 11.6 Å². The van der Waals surface area contributed by atoms with E-state index in [0.29, 0.717) is 37.9 Å². The number of halogens is 1. The Hall–Kier alpha value is -2.67. The SMILES string of the molecule is CCNC(=NCc1ccc(Oc2cccc(F)c2)nc1)NCCOCC. The van der Waals surface area contributed by atoms with Gasteiger partial charge in [-0.1, -0.05) is 12.1 Å². The topological polar surface area (TPSA) is 67.8 Å². The lowest BCUT2D eigenvalue weighted by molar-refractivity contribution is 0.152. The molecule has 0 radical (unpaired) electrons. The predicted octanol–water partition coefficient (Wildman–Crippen LogP) is 3.10. The molecule has 0 amide bonds. The van der Waals surface area contributed by atoms with Crippen LogP contribution in [0.25, 0.3) is 0 Å². The van der Waals surface area contributed by atoms with Gasteiger partial charge in [-0.3, -0.25) is 0 Å². The number of hydrogen-bond acceptors (Lipinski definition) is 4. The summed E-state index contributed by atoms with van der Waals surface area (Å²) >= 11 is 0. The van der Waals surface area contributed by atoms with E-state index in [2.05, 4.69) is 20.6 Å². The Bertz CT molecular complexity index is 692. The van der Waals surface area contributed by atoms with E-state index in [4.69, 9.17) is 9.47 Å². The molecule has 26 heavy (non-hydrogen) atoms. The minimum Gasteiger partial charge on any atom is -0.439 e. The van der Waals surface area contributed by atoms with E-state index in [0.717, 1.165) is 18.1 Å². The van der Waals surface area contributed by atoms with Crippen LogP contribution in [0.4, 0.5) is 4.39 Å². The average Bonchev–Trinajstić information content (AvgIpc) is 2.64. The first kappa shape index (κ1) is 19.7. The molecule has 140 valence electrons. The van der Waals surface area contributed by atoms with E-state index in [9.17, 15) is 4.39 Å². The standard InChI is InChI=1S/C19H25FN4O2/c1-3-21-19(22-10-11-25-4-2)24-14-15-8-9-18(23-13-15)26-17-7-5-6-16(20)12-17/h5-9,12-13H,3-4,10-11,14H2,1-2H3,(H2,21,22,24). The molecule has 7 heteroatoms. The van der Waals surface area contributed by atoms with Gasteiger partial charge in [-0.05, 0) is 31.5 Å². The smallest absolute Gasteiger partial charge is 0.219 e. The van der Waals surface area contributed by atoms with Crippen LogP contribution in [0.1, 0.15) is 19.4 Å². The first-order valence-electron chi connectivity index (χ1n) is 8.69. The quantitative estimate of drug-likeness (QED) is 0.409. The van der Waals surface area contributed by atoms with Crippen LogP contribution in [0.3, 0.4) is 0 Å². The van der Waals surface area contributed by atoms with Gasteiger partial charge in [-0.15, -0.1) is 0 Å². The Morgan fingerprint density at radius 2 is 2.08 bits per heavy atom. The highest BCUT2D eigenvalue weighted by Crippen LogP contribution is 2.20. The number of hydrogen-bond donors (Lipinski definition) is 2. The van der Waals surface area contributed by atoms with Gasteiger partial charge in [-0.25, -0.2) is 14.4 Å². The third-order valence-corrected chi connectivity index (χ3v) is 3.32. The summed E-state index contributed by atoms with van der Waals surface area (Å²) in [6, 6.07) is 9.58. The van der Waals surface area contributed by atoms with Crippen molar-refractivity contribution in [2.75, 3.05) is 26.3 Å². The molecule has 0 aliphatic rings. The zero-order chi connectivity index (χ0) is 18.6. The van der Waals surface area contributed by atoms with Crippen molar-refractivity contribution in [3.63, 3.8) is 0 Å². The Balaban J connectivity index is 1.89. The number of pyridine rings is 1. The van der Waals surface area contributed by atoms with Crippen molar-refractivity contribution in [1.29, 1.82) is 0 Å². The summed E-state index contributed by atoms with van der Waals surface area (Å²) in [5.41, 5.74) is 0.943. The minimum absolute atomic E-state index is 0.346. The van der Waals surface area contributed by atoms with Crippen molar-refractivity contribution < 1.29 is 13.9 Å². The van der Waals surface area contributed by atoms with Gasteiger partial charge in [0.25, 0.3) is 0 Å². The molecule has 6 nitrogen and oxygen atoms in total. The zero-order valence-electron chi connectivity index (χ0n) is 15.2. The van der Waals surface area contributed by atoms with Gasteiger partial charge in [-0.2, -0.15) is 0 Å². The van der Waals surface area contributed by atoms with Crippen molar-refractivity contribution >= 4 is 5.96 Å². The Morgan fingerprint density at radius 3 is 2.77 bits per heavy atom. The molecule has 0 spiro atoms. The Labute approximate surface area is 153 Å². The van der Waals surface area contributed by atoms with E-state index in [1.807, 2.05) is 19.9 Å². The summed E-state index contributed by atoms with van der Waals surface area (Å²) in [4.78, 5) is 8.75. The molecule has 2 rings (SSSR count). The van der Waals surface area contributed by atoms with Gasteiger partial charge in [0.1, 0.15) is 11.6 Å². The minimum atomic E-state index is -0.346. The molecule has 0 fully saturated rings. The number of nitrogens with zero attached hydrogens (tertiary/aromatic N) is 2. The maximum atomic E-state index is 13.2. The van der Waals surface area contributed by atoms with E-state index in [1.165, 1.54) is 12.1 Å². The summed E-state index contributed by atoms with van der Waals surface area (Å²) in [6.07, 6.45) is 1.70. The largest absolute Gasteiger partial charge is 0.439 e. The van der Waals surface area contributed by atoms with Crippen LogP contribution < -0.4 is 15.4 Å². The summed E-state index contributed by atoms with van der Waals surface area (Å²) < 4.78 is 24.0. The van der Waals surface area contributed by atoms with Crippen molar-refractivity contribution in [2.24, 2.45) is 4.99 Å². The fourth-order valence-corrected chi connectivity index (χ4v) is 2.11. The second-order valence-corrected chi connectivity index (χ2v) is 5.38. The summed E-state index contributed by atoms with van der Waals surface area (Å²) in [6.45, 7) is 7.27. The predicted molar refractivity (Wildman–Crippen MR) is 100 cm³/mol. The van der Waals surface area contributed by atoms with Gasteiger partial charge in [0.2, 0.25) is 5.88 Å². The summed E-state index contributed by atoms with van der Waals surface area (Å²) in [5.74, 6) is 1.20. The van der Waals surface area contributed by atoms with Gasteiger partial charge in [0.05, 0.1) is 13.2 Å². The molecule has 1 heterocycles. The number of ether oxygens (including phenoxy) is 2. The summed E-state index contributed by atoms with van der Waals surface area (Å²) in [7, 11) is 0. The molecule has 0 aliphatic heterocycles. The molecule has 0 aliphatic carbocycles. The van der Waals surface area contributed by atoms with E-state index in [-0.39, 0.29) is 5.82 Å². The van der Waals surface area contributed by atoms with E-state index in [1.54, 1.807) is 24.4 Å². The van der Waals surface area contributed by atoms with Crippen LogP contribution in [0, 0.1) is 5.82 Å². The molecular formula is C19H25FN4O2. The second-order valence-electron chi connectivity index (χ2n) is 5.38. The first-order valence-corrected chi connectivity index (χ1v) is 8.69. The molecule has 2 aromatic rings. The van der Waals surface area contributed by atoms with E-state index < -0.39 is 0 Å². The normalized spacial score (nSPS) is 11.3. The number of guanidine groups is 1. The number of aliphatic imine (C=N–C) groups is 1. The highest BCUT2D eigenvalue weighted by Gasteiger charge is 2.02. The van der Waals surface area contributed by atoms with Crippen molar-refractivity contribution in [2.45, 2.75) is 20.4 Å². The lowest BCUT2D eigenvalue weighted by atomic mass is 10.3. The fraction of sp³-hybridized carbons (Fsp3) is 0.368. The number of benzene rings is 1. The zero-order valence-corrected chi connectivity index (χ0v) is 15.2. The van der Waals surface area contributed by atoms with Crippen molar-refractivity contribution in [1.82, 2.24) is 15.6 Å². The van der Waals surface area contributed by atoms with Crippen molar-refractivity contribution in [3.05, 3.63) is 54.0 Å². The molecular weight excluding hydrogens is 335 g/mol. The monoisotopic (exact) mass is 360 g/mol. The molecule has 0 saturated heterocycles. The highest BCUT2D eigenvalue weighted by atomic mass is 19.1.